The lowest BCUT2D eigenvalue weighted by Crippen LogP contribution is -2.33. The third-order valence-electron chi connectivity index (χ3n) is 3.58. The average molecular weight is 365 g/mol. The van der Waals surface area contributed by atoms with E-state index in [0.717, 1.165) is 11.1 Å². The predicted octanol–water partition coefficient (Wildman–Crippen LogP) is 3.61. The van der Waals surface area contributed by atoms with Gasteiger partial charge in [-0.2, -0.15) is 4.98 Å². The molecule has 0 bridgehead atoms. The van der Waals surface area contributed by atoms with E-state index in [-0.39, 0.29) is 5.28 Å². The molecule has 3 rings (SSSR count). The Balaban J connectivity index is 2.03. The molecule has 0 fully saturated rings. The van der Waals surface area contributed by atoms with Crippen LogP contribution in [-0.2, 0) is 10.0 Å². The number of nitrogens with zero attached hydrogens (tertiary/aromatic N) is 3. The number of anilines is 1. The third-order valence-corrected chi connectivity index (χ3v) is 5.88. The van der Waals surface area contributed by atoms with Crippen molar-refractivity contribution < 1.29 is 8.42 Å². The largest absolute Gasteiger partial charge is 0.301 e. The highest BCUT2D eigenvalue weighted by atomic mass is 35.5. The summed E-state index contributed by atoms with van der Waals surface area (Å²) in [6.45, 7) is 4.95. The van der Waals surface area contributed by atoms with Crippen molar-refractivity contribution in [2.45, 2.75) is 25.5 Å². The fourth-order valence-corrected chi connectivity index (χ4v) is 3.01. The van der Waals surface area contributed by atoms with Gasteiger partial charge < -0.3 is 4.57 Å². The normalized spacial score (nSPS) is 12.5. The molecular formula is C16H17ClN4O2S. The van der Waals surface area contributed by atoms with Crippen LogP contribution >= 0.6 is 11.6 Å². The summed E-state index contributed by atoms with van der Waals surface area (Å²) in [5, 5.41) is 1.01. The van der Waals surface area contributed by atoms with E-state index in [1.165, 1.54) is 0 Å². The van der Waals surface area contributed by atoms with Crippen LogP contribution in [0.2, 0.25) is 5.28 Å². The number of hydrogen-bond acceptors (Lipinski definition) is 4. The Morgan fingerprint density at radius 2 is 1.96 bits per heavy atom. The number of fused-ring (bicyclic) bond motifs is 1. The molecule has 0 radical (unpaired) electrons. The molecule has 0 unspecified atom stereocenters. The molecule has 0 atom stereocenters. The van der Waals surface area contributed by atoms with Crippen molar-refractivity contribution >= 4 is 38.3 Å². The first kappa shape index (κ1) is 16.7. The van der Waals surface area contributed by atoms with Crippen LogP contribution < -0.4 is 4.72 Å². The molecule has 2 aromatic heterocycles. The number of benzene rings is 1. The number of rotatable bonds is 3. The summed E-state index contributed by atoms with van der Waals surface area (Å²) in [6, 6.07) is 8.98. The Bertz CT molecular complexity index is 1010. The summed E-state index contributed by atoms with van der Waals surface area (Å²) in [7, 11) is -3.49. The minimum absolute atomic E-state index is 0.159. The second kappa shape index (κ2) is 5.75. The summed E-state index contributed by atoms with van der Waals surface area (Å²) >= 11 is 5.88. The fourth-order valence-electron chi connectivity index (χ4n) is 2.13. The lowest BCUT2D eigenvalue weighted by molar-refractivity contribution is 0.566. The molecule has 3 aromatic rings. The van der Waals surface area contributed by atoms with E-state index in [1.54, 1.807) is 45.2 Å². The Morgan fingerprint density at radius 3 is 2.67 bits per heavy atom. The van der Waals surface area contributed by atoms with Crippen LogP contribution in [0.25, 0.3) is 16.7 Å². The molecule has 6 nitrogen and oxygen atoms in total. The van der Waals surface area contributed by atoms with Crippen LogP contribution in [0.1, 0.15) is 20.8 Å². The van der Waals surface area contributed by atoms with Gasteiger partial charge in [0.25, 0.3) is 0 Å². The van der Waals surface area contributed by atoms with Gasteiger partial charge in [-0.1, -0.05) is 6.07 Å². The summed E-state index contributed by atoms with van der Waals surface area (Å²) in [6.07, 6.45) is 3.49. The maximum absolute atomic E-state index is 12.3. The van der Waals surface area contributed by atoms with Crippen LogP contribution in [-0.4, -0.2) is 27.7 Å². The van der Waals surface area contributed by atoms with Gasteiger partial charge >= 0.3 is 0 Å². The zero-order chi connectivity index (χ0) is 17.5. The van der Waals surface area contributed by atoms with Crippen molar-refractivity contribution in [2.24, 2.45) is 0 Å². The molecule has 8 heteroatoms. The van der Waals surface area contributed by atoms with E-state index >= 15 is 0 Å². The van der Waals surface area contributed by atoms with Crippen LogP contribution in [0.3, 0.4) is 0 Å². The summed E-state index contributed by atoms with van der Waals surface area (Å²) in [5.41, 5.74) is 1.92. The summed E-state index contributed by atoms with van der Waals surface area (Å²) < 4.78 is 28.2. The van der Waals surface area contributed by atoms with Gasteiger partial charge in [0.05, 0.1) is 10.4 Å². The lowest BCUT2D eigenvalue weighted by Gasteiger charge is -2.20. The SMILES string of the molecule is CC(C)(C)S(=O)(=O)Nc1cccc(-n2ccc3cnc(Cl)nc32)c1. The monoisotopic (exact) mass is 364 g/mol. The molecule has 126 valence electrons. The second-order valence-electron chi connectivity index (χ2n) is 6.37. The van der Waals surface area contributed by atoms with Crippen LogP contribution in [0.15, 0.2) is 42.7 Å². The van der Waals surface area contributed by atoms with E-state index in [1.807, 2.05) is 22.9 Å². The summed E-state index contributed by atoms with van der Waals surface area (Å²) in [4.78, 5) is 8.19. The number of halogens is 1. The van der Waals surface area contributed by atoms with Crippen LogP contribution in [0.5, 0.6) is 0 Å². The molecule has 0 aliphatic rings. The van der Waals surface area contributed by atoms with Gasteiger partial charge in [0.1, 0.15) is 5.65 Å². The number of nitrogens with one attached hydrogen (secondary N) is 1. The molecular weight excluding hydrogens is 348 g/mol. The van der Waals surface area contributed by atoms with Crippen molar-refractivity contribution in [3.05, 3.63) is 48.0 Å². The Labute approximate surface area is 145 Å². The fraction of sp³-hybridized carbons (Fsp3) is 0.250. The van der Waals surface area contributed by atoms with Crippen molar-refractivity contribution in [2.75, 3.05) is 4.72 Å². The quantitative estimate of drug-likeness (QED) is 0.720. The molecule has 0 saturated heterocycles. The number of aromatic nitrogens is 3. The topological polar surface area (TPSA) is 76.9 Å². The second-order valence-corrected chi connectivity index (χ2v) is 9.15. The Morgan fingerprint density at radius 1 is 1.21 bits per heavy atom. The van der Waals surface area contributed by atoms with E-state index in [2.05, 4.69) is 14.7 Å². The molecule has 0 saturated carbocycles. The molecule has 0 aliphatic carbocycles. The molecule has 0 amide bonds. The predicted molar refractivity (Wildman–Crippen MR) is 96.2 cm³/mol. The number of sulfonamides is 1. The van der Waals surface area contributed by atoms with Crippen molar-refractivity contribution in [1.29, 1.82) is 0 Å². The Kier molecular flexibility index (Phi) is 4.01. The maximum Gasteiger partial charge on any atom is 0.237 e. The first-order valence-electron chi connectivity index (χ1n) is 7.30. The summed E-state index contributed by atoms with van der Waals surface area (Å²) in [5.74, 6) is 0. The highest BCUT2D eigenvalue weighted by Crippen LogP contribution is 2.24. The Hall–Kier alpha value is -2.12. The van der Waals surface area contributed by atoms with Crippen LogP contribution in [0, 0.1) is 0 Å². The molecule has 24 heavy (non-hydrogen) atoms. The minimum Gasteiger partial charge on any atom is -0.301 e. The van der Waals surface area contributed by atoms with E-state index in [9.17, 15) is 8.42 Å². The first-order valence-corrected chi connectivity index (χ1v) is 9.16. The van der Waals surface area contributed by atoms with Gasteiger partial charge in [-0.3, -0.25) is 4.72 Å². The molecule has 1 N–H and O–H groups in total. The van der Waals surface area contributed by atoms with Crippen molar-refractivity contribution in [3.8, 4) is 5.69 Å². The average Bonchev–Trinajstić information content (AvgIpc) is 2.88. The molecule has 2 heterocycles. The van der Waals surface area contributed by atoms with Gasteiger partial charge in [-0.05, 0) is 56.6 Å². The molecule has 1 aromatic carbocycles. The van der Waals surface area contributed by atoms with Gasteiger partial charge in [0.15, 0.2) is 0 Å². The van der Waals surface area contributed by atoms with E-state index < -0.39 is 14.8 Å². The van der Waals surface area contributed by atoms with Gasteiger partial charge in [0.2, 0.25) is 15.3 Å². The van der Waals surface area contributed by atoms with Gasteiger partial charge in [-0.25, -0.2) is 13.4 Å². The highest BCUT2D eigenvalue weighted by Gasteiger charge is 2.28. The zero-order valence-electron chi connectivity index (χ0n) is 13.5. The molecule has 0 spiro atoms. The smallest absolute Gasteiger partial charge is 0.237 e. The van der Waals surface area contributed by atoms with E-state index in [4.69, 9.17) is 11.6 Å². The minimum atomic E-state index is -3.49. The number of hydrogen-bond donors (Lipinski definition) is 1. The van der Waals surface area contributed by atoms with Gasteiger partial charge in [-0.15, -0.1) is 0 Å². The third kappa shape index (κ3) is 3.09. The van der Waals surface area contributed by atoms with Crippen molar-refractivity contribution in [3.63, 3.8) is 0 Å². The van der Waals surface area contributed by atoms with Gasteiger partial charge in [0, 0.05) is 23.5 Å². The maximum atomic E-state index is 12.3. The zero-order valence-corrected chi connectivity index (χ0v) is 15.1. The molecule has 0 aliphatic heterocycles. The first-order chi connectivity index (χ1) is 11.2. The van der Waals surface area contributed by atoms with E-state index in [0.29, 0.717) is 11.3 Å². The van der Waals surface area contributed by atoms with Crippen LogP contribution in [0.4, 0.5) is 5.69 Å². The van der Waals surface area contributed by atoms with Crippen molar-refractivity contribution in [1.82, 2.24) is 14.5 Å². The highest BCUT2D eigenvalue weighted by molar-refractivity contribution is 7.94. The standard InChI is InChI=1S/C16H17ClN4O2S/c1-16(2,3)24(22,23)20-12-5-4-6-13(9-12)21-8-7-11-10-18-15(17)19-14(11)21/h4-10,20H,1-3H3. The lowest BCUT2D eigenvalue weighted by atomic mass is 10.3.